The fourth-order valence-corrected chi connectivity index (χ4v) is 4.45. The van der Waals surface area contributed by atoms with Crippen LogP contribution in [-0.2, 0) is 30.6 Å². The molecule has 1 amide bonds. The van der Waals surface area contributed by atoms with Crippen molar-refractivity contribution in [3.05, 3.63) is 75.1 Å². The molecule has 0 saturated heterocycles. The molecular weight excluding hydrogens is 392 g/mol. The summed E-state index contributed by atoms with van der Waals surface area (Å²) in [5.74, 6) is 0.935. The van der Waals surface area contributed by atoms with E-state index in [2.05, 4.69) is 16.4 Å². The molecule has 0 aliphatic heterocycles. The number of rotatable bonds is 5. The van der Waals surface area contributed by atoms with E-state index in [1.807, 2.05) is 31.2 Å². The Hall–Kier alpha value is -3.41. The number of hydrogen-bond acceptors (Lipinski definition) is 5. The van der Waals surface area contributed by atoms with Crippen LogP contribution in [0.15, 0.2) is 50.2 Å². The third kappa shape index (κ3) is 3.74. The maximum absolute atomic E-state index is 12.6. The fourth-order valence-electron chi connectivity index (χ4n) is 4.45. The largest absolute Gasteiger partial charge is 0.461 e. The quantitative estimate of drug-likeness (QED) is 0.488. The number of aryl methyl sites for hydroxylation is 3. The second-order valence-electron chi connectivity index (χ2n) is 8.15. The Morgan fingerprint density at radius 2 is 1.94 bits per heavy atom. The van der Waals surface area contributed by atoms with Crippen LogP contribution in [0.2, 0.25) is 0 Å². The first-order chi connectivity index (χ1) is 15.1. The van der Waals surface area contributed by atoms with Gasteiger partial charge in [0.2, 0.25) is 5.91 Å². The van der Waals surface area contributed by atoms with Crippen LogP contribution in [0.5, 0.6) is 0 Å². The minimum absolute atomic E-state index is 0.121. The Morgan fingerprint density at radius 3 is 2.77 bits per heavy atom. The van der Waals surface area contributed by atoms with Crippen LogP contribution in [0.4, 0.5) is 0 Å². The third-order valence-corrected chi connectivity index (χ3v) is 6.16. The minimum atomic E-state index is -0.391. The molecule has 0 radical (unpaired) electrons. The first-order valence-corrected chi connectivity index (χ1v) is 10.8. The molecule has 31 heavy (non-hydrogen) atoms. The van der Waals surface area contributed by atoms with Gasteiger partial charge in [-0.05, 0) is 56.4 Å². The van der Waals surface area contributed by atoms with E-state index in [1.165, 1.54) is 12.0 Å². The molecule has 1 aliphatic rings. The van der Waals surface area contributed by atoms with Crippen molar-refractivity contribution >= 4 is 27.8 Å². The molecule has 0 unspecified atom stereocenters. The minimum Gasteiger partial charge on any atom is -0.461 e. The van der Waals surface area contributed by atoms with E-state index in [0.717, 1.165) is 52.6 Å². The van der Waals surface area contributed by atoms with Crippen molar-refractivity contribution in [3.63, 3.8) is 0 Å². The lowest BCUT2D eigenvalue weighted by atomic mass is 9.94. The van der Waals surface area contributed by atoms with Gasteiger partial charge in [-0.2, -0.15) is 0 Å². The van der Waals surface area contributed by atoms with Gasteiger partial charge in [0.15, 0.2) is 0 Å². The van der Waals surface area contributed by atoms with Gasteiger partial charge in [-0.1, -0.05) is 6.07 Å². The number of carbonyl (C=O) groups is 1. The molecule has 3 aromatic heterocycles. The van der Waals surface area contributed by atoms with Gasteiger partial charge in [0, 0.05) is 47.0 Å². The van der Waals surface area contributed by atoms with Crippen LogP contribution in [0.3, 0.4) is 0 Å². The average molecular weight is 416 g/mol. The number of amides is 1. The van der Waals surface area contributed by atoms with Crippen molar-refractivity contribution in [1.29, 1.82) is 0 Å². The second kappa shape index (κ2) is 8.02. The number of hydrogen-bond donors (Lipinski definition) is 1. The van der Waals surface area contributed by atoms with Crippen molar-refractivity contribution in [3.8, 4) is 0 Å². The molecule has 6 heteroatoms. The smallest absolute Gasteiger partial charge is 0.339 e. The van der Waals surface area contributed by atoms with Gasteiger partial charge in [0.1, 0.15) is 16.9 Å². The highest BCUT2D eigenvalue weighted by Gasteiger charge is 2.20. The number of benzene rings is 1. The Balaban J connectivity index is 1.40. The lowest BCUT2D eigenvalue weighted by Crippen LogP contribution is -2.24. The zero-order valence-electron chi connectivity index (χ0n) is 17.5. The van der Waals surface area contributed by atoms with Gasteiger partial charge >= 0.3 is 5.63 Å². The molecule has 3 heterocycles. The van der Waals surface area contributed by atoms with E-state index in [1.54, 1.807) is 6.20 Å². The Labute approximate surface area is 179 Å². The highest BCUT2D eigenvalue weighted by Crippen LogP contribution is 2.35. The number of pyridine rings is 1. The number of nitrogens with one attached hydrogen (secondary N) is 1. The van der Waals surface area contributed by atoms with Crippen molar-refractivity contribution in [2.75, 3.05) is 0 Å². The highest BCUT2D eigenvalue weighted by molar-refractivity contribution is 5.97. The van der Waals surface area contributed by atoms with Crippen LogP contribution >= 0.6 is 0 Å². The fraction of sp³-hybridized carbons (Fsp3) is 0.320. The van der Waals surface area contributed by atoms with E-state index >= 15 is 0 Å². The van der Waals surface area contributed by atoms with E-state index in [-0.39, 0.29) is 12.3 Å². The van der Waals surface area contributed by atoms with Gasteiger partial charge in [-0.25, -0.2) is 4.79 Å². The van der Waals surface area contributed by atoms with Gasteiger partial charge in [-0.15, -0.1) is 0 Å². The molecule has 1 aliphatic carbocycles. The van der Waals surface area contributed by atoms with Gasteiger partial charge in [0.05, 0.1) is 12.2 Å². The summed E-state index contributed by atoms with van der Waals surface area (Å²) in [4.78, 5) is 29.1. The van der Waals surface area contributed by atoms with Gasteiger partial charge in [0.25, 0.3) is 0 Å². The maximum atomic E-state index is 12.6. The molecule has 0 atom stereocenters. The number of furan rings is 1. The standard InChI is InChI=1S/C25H24N2O4/c1-15-17(9-10-24(28)27-14-16-6-4-5-11-26-16)25(29)31-22-13-23-20(12-19(15)22)18-7-2-3-8-21(18)30-23/h4-6,11-13H,2-3,7-10,14H2,1H3,(H,27,28). The molecule has 1 N–H and O–H groups in total. The predicted octanol–water partition coefficient (Wildman–Crippen LogP) is 4.37. The Bertz CT molecular complexity index is 1330. The molecule has 0 saturated carbocycles. The molecule has 0 spiro atoms. The van der Waals surface area contributed by atoms with E-state index in [4.69, 9.17) is 8.83 Å². The van der Waals surface area contributed by atoms with E-state index in [9.17, 15) is 9.59 Å². The monoisotopic (exact) mass is 416 g/mol. The van der Waals surface area contributed by atoms with Crippen molar-refractivity contribution in [1.82, 2.24) is 10.3 Å². The average Bonchev–Trinajstić information content (AvgIpc) is 3.14. The third-order valence-electron chi connectivity index (χ3n) is 6.16. The van der Waals surface area contributed by atoms with Crippen LogP contribution < -0.4 is 10.9 Å². The van der Waals surface area contributed by atoms with Gasteiger partial charge < -0.3 is 14.2 Å². The van der Waals surface area contributed by atoms with E-state index < -0.39 is 5.63 Å². The number of fused-ring (bicyclic) bond motifs is 4. The van der Waals surface area contributed by atoms with Crippen LogP contribution in [0.25, 0.3) is 21.9 Å². The summed E-state index contributed by atoms with van der Waals surface area (Å²) in [7, 11) is 0. The normalized spacial score (nSPS) is 13.5. The SMILES string of the molecule is Cc1c(CCC(=O)NCc2ccccn2)c(=O)oc2cc3oc4c(c3cc12)CCCC4. The van der Waals surface area contributed by atoms with Crippen LogP contribution in [0, 0.1) is 6.92 Å². The summed E-state index contributed by atoms with van der Waals surface area (Å²) in [6.07, 6.45) is 6.54. The Kier molecular flexibility index (Phi) is 5.06. The molecule has 6 nitrogen and oxygen atoms in total. The molecule has 1 aromatic carbocycles. The van der Waals surface area contributed by atoms with Crippen LogP contribution in [-0.4, -0.2) is 10.9 Å². The first-order valence-electron chi connectivity index (χ1n) is 10.8. The number of carbonyl (C=O) groups excluding carboxylic acids is 1. The first kappa shape index (κ1) is 19.5. The summed E-state index contributed by atoms with van der Waals surface area (Å²) in [5, 5.41) is 4.87. The second-order valence-corrected chi connectivity index (χ2v) is 8.15. The summed E-state index contributed by atoms with van der Waals surface area (Å²) in [6.45, 7) is 2.30. The van der Waals surface area contributed by atoms with Crippen molar-refractivity contribution in [2.45, 2.75) is 52.0 Å². The molecule has 5 rings (SSSR count). The van der Waals surface area contributed by atoms with Crippen LogP contribution in [0.1, 0.15) is 47.4 Å². The number of nitrogens with zero attached hydrogens (tertiary/aromatic N) is 1. The summed E-state index contributed by atoms with van der Waals surface area (Å²) in [5.41, 5.74) is 4.42. The van der Waals surface area contributed by atoms with Crippen molar-refractivity contribution in [2.24, 2.45) is 0 Å². The molecule has 4 aromatic rings. The molecule has 0 fully saturated rings. The predicted molar refractivity (Wildman–Crippen MR) is 118 cm³/mol. The zero-order valence-corrected chi connectivity index (χ0v) is 17.5. The summed E-state index contributed by atoms with van der Waals surface area (Å²) >= 11 is 0. The zero-order chi connectivity index (χ0) is 21.4. The molecule has 158 valence electrons. The summed E-state index contributed by atoms with van der Waals surface area (Å²) in [6, 6.07) is 9.49. The Morgan fingerprint density at radius 1 is 1.10 bits per heavy atom. The number of aromatic nitrogens is 1. The summed E-state index contributed by atoms with van der Waals surface area (Å²) < 4.78 is 11.6. The molecular formula is C25H24N2O4. The molecule has 0 bridgehead atoms. The maximum Gasteiger partial charge on any atom is 0.339 e. The van der Waals surface area contributed by atoms with Gasteiger partial charge in [-0.3, -0.25) is 9.78 Å². The lowest BCUT2D eigenvalue weighted by Gasteiger charge is -2.10. The van der Waals surface area contributed by atoms with Crippen molar-refractivity contribution < 1.29 is 13.6 Å². The topological polar surface area (TPSA) is 85.3 Å². The van der Waals surface area contributed by atoms with E-state index in [0.29, 0.717) is 24.1 Å². The highest BCUT2D eigenvalue weighted by atomic mass is 16.4. The lowest BCUT2D eigenvalue weighted by molar-refractivity contribution is -0.121.